The number of aliphatic imine (C=N–C) groups is 1. The Labute approximate surface area is 150 Å². The highest BCUT2D eigenvalue weighted by atomic mass is 127. The van der Waals surface area contributed by atoms with E-state index in [1.165, 1.54) is 17.7 Å². The van der Waals surface area contributed by atoms with Gasteiger partial charge in [0.25, 0.3) is 0 Å². The molecule has 0 bridgehead atoms. The summed E-state index contributed by atoms with van der Waals surface area (Å²) in [5, 5.41) is 4.28. The molecule has 1 atom stereocenters. The Morgan fingerprint density at radius 3 is 2.48 bits per heavy atom. The number of nitrogens with zero attached hydrogens (tertiary/aromatic N) is 2. The molecule has 1 aromatic heterocycles. The van der Waals surface area contributed by atoms with Gasteiger partial charge in [-0.25, -0.2) is 9.98 Å². The summed E-state index contributed by atoms with van der Waals surface area (Å²) in [6.07, 6.45) is 3.62. The van der Waals surface area contributed by atoms with Crippen LogP contribution in [-0.4, -0.2) is 17.0 Å². The number of aryl methyl sites for hydroxylation is 2. The van der Waals surface area contributed by atoms with Crippen LogP contribution in [-0.2, 0) is 6.54 Å². The predicted octanol–water partition coefficient (Wildman–Crippen LogP) is 4.00. The highest BCUT2D eigenvalue weighted by Crippen LogP contribution is 2.16. The van der Waals surface area contributed by atoms with Crippen LogP contribution in [0.25, 0.3) is 0 Å². The lowest BCUT2D eigenvalue weighted by Crippen LogP contribution is -2.38. The van der Waals surface area contributed by atoms with Gasteiger partial charge in [0.15, 0.2) is 5.96 Å². The standard InChI is InChI=1S/C15H28N4S.HI/c1-10(2)7-6-8-11(3)18-15(16)17-9-14-19-12(4)13(5)20-14;/h10-11H,6-9H2,1-5H3,(H3,16,17,18);1H. The Hall–Kier alpha value is -0.370. The van der Waals surface area contributed by atoms with Crippen molar-refractivity contribution in [2.24, 2.45) is 16.6 Å². The van der Waals surface area contributed by atoms with Crippen LogP contribution in [0.4, 0.5) is 0 Å². The summed E-state index contributed by atoms with van der Waals surface area (Å²) in [6, 6.07) is 0.372. The van der Waals surface area contributed by atoms with E-state index in [-0.39, 0.29) is 24.0 Å². The molecule has 0 saturated heterocycles. The van der Waals surface area contributed by atoms with Crippen LogP contribution >= 0.6 is 35.3 Å². The van der Waals surface area contributed by atoms with E-state index < -0.39 is 0 Å². The molecule has 1 heterocycles. The summed E-state index contributed by atoms with van der Waals surface area (Å²) in [6.45, 7) is 11.3. The number of nitrogens with one attached hydrogen (secondary N) is 1. The molecule has 0 amide bonds. The summed E-state index contributed by atoms with van der Waals surface area (Å²) < 4.78 is 0. The van der Waals surface area contributed by atoms with E-state index in [9.17, 15) is 0 Å². The quantitative estimate of drug-likeness (QED) is 0.395. The summed E-state index contributed by atoms with van der Waals surface area (Å²) in [5.74, 6) is 1.29. The molecule has 4 nitrogen and oxygen atoms in total. The van der Waals surface area contributed by atoms with Gasteiger partial charge in [-0.3, -0.25) is 0 Å². The predicted molar refractivity (Wildman–Crippen MR) is 104 cm³/mol. The number of halogens is 1. The number of guanidine groups is 1. The number of aromatic nitrogens is 1. The lowest BCUT2D eigenvalue weighted by atomic mass is 10.0. The van der Waals surface area contributed by atoms with Crippen LogP contribution in [0.2, 0.25) is 0 Å². The maximum atomic E-state index is 5.91. The summed E-state index contributed by atoms with van der Waals surface area (Å²) in [7, 11) is 0. The van der Waals surface area contributed by atoms with Crippen molar-refractivity contribution in [1.29, 1.82) is 0 Å². The molecule has 0 aromatic carbocycles. The fraction of sp³-hybridized carbons (Fsp3) is 0.733. The molecule has 122 valence electrons. The van der Waals surface area contributed by atoms with Crippen LogP contribution in [0.3, 0.4) is 0 Å². The van der Waals surface area contributed by atoms with Gasteiger partial charge >= 0.3 is 0 Å². The van der Waals surface area contributed by atoms with Gasteiger partial charge in [-0.2, -0.15) is 0 Å². The van der Waals surface area contributed by atoms with E-state index in [1.807, 2.05) is 6.92 Å². The molecular formula is C15H29IN4S. The van der Waals surface area contributed by atoms with Crippen LogP contribution in [0.1, 0.15) is 55.6 Å². The fourth-order valence-corrected chi connectivity index (χ4v) is 2.82. The molecule has 1 aromatic rings. The number of hydrogen-bond acceptors (Lipinski definition) is 3. The van der Waals surface area contributed by atoms with Gasteiger partial charge in [0.05, 0.1) is 12.2 Å². The first kappa shape index (κ1) is 20.6. The van der Waals surface area contributed by atoms with Gasteiger partial charge in [0.2, 0.25) is 0 Å². The second-order valence-corrected chi connectivity index (χ2v) is 7.11. The molecule has 3 N–H and O–H groups in total. The number of nitrogens with two attached hydrogens (primary N) is 1. The zero-order valence-electron chi connectivity index (χ0n) is 13.8. The third-order valence-corrected chi connectivity index (χ3v) is 4.33. The van der Waals surface area contributed by atoms with E-state index >= 15 is 0 Å². The third-order valence-electron chi connectivity index (χ3n) is 3.27. The van der Waals surface area contributed by atoms with Crippen LogP contribution < -0.4 is 11.1 Å². The Balaban J connectivity index is 0.00000400. The van der Waals surface area contributed by atoms with Crippen molar-refractivity contribution >= 4 is 41.3 Å². The van der Waals surface area contributed by atoms with Crippen molar-refractivity contribution in [3.63, 3.8) is 0 Å². The minimum Gasteiger partial charge on any atom is -0.370 e. The molecule has 6 heteroatoms. The van der Waals surface area contributed by atoms with E-state index in [0.717, 1.165) is 23.0 Å². The summed E-state index contributed by atoms with van der Waals surface area (Å²) in [4.78, 5) is 10.1. The molecule has 0 saturated carbocycles. The number of thiazole rings is 1. The summed E-state index contributed by atoms with van der Waals surface area (Å²) in [5.41, 5.74) is 7.01. The first-order chi connectivity index (χ1) is 9.38. The smallest absolute Gasteiger partial charge is 0.189 e. The molecule has 0 aliphatic heterocycles. The van der Waals surface area contributed by atoms with Crippen molar-refractivity contribution in [3.8, 4) is 0 Å². The minimum atomic E-state index is 0. The Morgan fingerprint density at radius 2 is 1.95 bits per heavy atom. The Morgan fingerprint density at radius 1 is 1.29 bits per heavy atom. The fourth-order valence-electron chi connectivity index (χ4n) is 1.96. The number of hydrogen-bond donors (Lipinski definition) is 2. The monoisotopic (exact) mass is 424 g/mol. The van der Waals surface area contributed by atoms with Gasteiger partial charge in [-0.05, 0) is 33.1 Å². The molecule has 0 aliphatic rings. The lowest BCUT2D eigenvalue weighted by molar-refractivity contribution is 0.493. The first-order valence-corrected chi connectivity index (χ1v) is 8.19. The maximum Gasteiger partial charge on any atom is 0.189 e. The van der Waals surface area contributed by atoms with Crippen molar-refractivity contribution in [3.05, 3.63) is 15.6 Å². The second-order valence-electron chi connectivity index (χ2n) is 5.82. The molecule has 0 spiro atoms. The normalized spacial score (nSPS) is 13.1. The van der Waals surface area contributed by atoms with Gasteiger partial charge in [0, 0.05) is 10.9 Å². The highest BCUT2D eigenvalue weighted by molar-refractivity contribution is 14.0. The third kappa shape index (κ3) is 8.60. The van der Waals surface area contributed by atoms with Crippen LogP contribution in [0, 0.1) is 19.8 Å². The SMILES string of the molecule is Cc1nc(CN=C(N)NC(C)CCCC(C)C)sc1C.I. The zero-order valence-corrected chi connectivity index (χ0v) is 16.9. The van der Waals surface area contributed by atoms with Crippen LogP contribution in [0.15, 0.2) is 4.99 Å². The summed E-state index contributed by atoms with van der Waals surface area (Å²) >= 11 is 1.69. The average molecular weight is 424 g/mol. The number of rotatable bonds is 7. The van der Waals surface area contributed by atoms with Gasteiger partial charge in [-0.1, -0.05) is 26.7 Å². The van der Waals surface area contributed by atoms with E-state index in [4.69, 9.17) is 5.73 Å². The van der Waals surface area contributed by atoms with Gasteiger partial charge < -0.3 is 11.1 Å². The molecule has 1 rings (SSSR count). The van der Waals surface area contributed by atoms with E-state index in [1.54, 1.807) is 11.3 Å². The van der Waals surface area contributed by atoms with E-state index in [0.29, 0.717) is 18.5 Å². The maximum absolute atomic E-state index is 5.91. The van der Waals surface area contributed by atoms with Gasteiger partial charge in [-0.15, -0.1) is 35.3 Å². The molecule has 1 unspecified atom stereocenters. The molecular weight excluding hydrogens is 395 g/mol. The average Bonchev–Trinajstić information content (AvgIpc) is 2.66. The lowest BCUT2D eigenvalue weighted by Gasteiger charge is -2.14. The van der Waals surface area contributed by atoms with Crippen LogP contribution in [0.5, 0.6) is 0 Å². The van der Waals surface area contributed by atoms with Crippen molar-refractivity contribution in [1.82, 2.24) is 10.3 Å². The molecule has 0 aliphatic carbocycles. The molecule has 0 fully saturated rings. The Kier molecular flexibility index (Phi) is 10.2. The van der Waals surface area contributed by atoms with Gasteiger partial charge in [0.1, 0.15) is 5.01 Å². The van der Waals surface area contributed by atoms with Crippen molar-refractivity contribution in [2.45, 2.75) is 66.5 Å². The largest absolute Gasteiger partial charge is 0.370 e. The molecule has 0 radical (unpaired) electrons. The van der Waals surface area contributed by atoms with Crippen molar-refractivity contribution in [2.75, 3.05) is 0 Å². The highest BCUT2D eigenvalue weighted by Gasteiger charge is 2.05. The molecule has 21 heavy (non-hydrogen) atoms. The second kappa shape index (κ2) is 10.4. The first-order valence-electron chi connectivity index (χ1n) is 7.37. The van der Waals surface area contributed by atoms with Crippen molar-refractivity contribution < 1.29 is 0 Å². The zero-order chi connectivity index (χ0) is 15.1. The minimum absolute atomic E-state index is 0. The van der Waals surface area contributed by atoms with E-state index in [2.05, 4.69) is 43.0 Å². The Bertz CT molecular complexity index is 423. The topological polar surface area (TPSA) is 63.3 Å².